The maximum atomic E-state index is 12.5. The summed E-state index contributed by atoms with van der Waals surface area (Å²) in [7, 11) is 0. The number of benzene rings is 2. The van der Waals surface area contributed by atoms with E-state index in [-0.39, 0.29) is 17.8 Å². The number of ether oxygens (including phenoxy) is 1. The van der Waals surface area contributed by atoms with Crippen LogP contribution < -0.4 is 10.9 Å². The fraction of sp³-hybridized carbons (Fsp3) is 0.182. The molecule has 0 aliphatic rings. The second-order valence-corrected chi connectivity index (χ2v) is 6.37. The number of anilines is 1. The Morgan fingerprint density at radius 1 is 1.00 bits per heavy atom. The minimum absolute atomic E-state index is 0.118. The van der Waals surface area contributed by atoms with Gasteiger partial charge in [0.05, 0.1) is 18.7 Å². The van der Waals surface area contributed by atoms with Gasteiger partial charge in [-0.05, 0) is 42.3 Å². The summed E-state index contributed by atoms with van der Waals surface area (Å²) in [6.45, 7) is 2.56. The van der Waals surface area contributed by atoms with Crippen LogP contribution in [-0.2, 0) is 11.3 Å². The van der Waals surface area contributed by atoms with Crippen LogP contribution in [0.25, 0.3) is 0 Å². The van der Waals surface area contributed by atoms with Gasteiger partial charge in [0.2, 0.25) is 0 Å². The molecule has 0 fully saturated rings. The zero-order chi connectivity index (χ0) is 20.6. The van der Waals surface area contributed by atoms with Crippen LogP contribution in [-0.4, -0.2) is 28.3 Å². The maximum absolute atomic E-state index is 12.5. The summed E-state index contributed by atoms with van der Waals surface area (Å²) in [6, 6.07) is 18.5. The summed E-state index contributed by atoms with van der Waals surface area (Å²) in [5.41, 5.74) is 1.65. The molecule has 0 saturated heterocycles. The van der Waals surface area contributed by atoms with Crippen molar-refractivity contribution in [2.75, 3.05) is 11.9 Å². The van der Waals surface area contributed by atoms with Gasteiger partial charge in [-0.1, -0.05) is 37.3 Å². The van der Waals surface area contributed by atoms with Crippen molar-refractivity contribution < 1.29 is 14.3 Å². The lowest BCUT2D eigenvalue weighted by atomic mass is 10.2. The highest BCUT2D eigenvalue weighted by atomic mass is 16.5. The predicted octanol–water partition coefficient (Wildman–Crippen LogP) is 3.11. The van der Waals surface area contributed by atoms with E-state index in [1.54, 1.807) is 24.3 Å². The van der Waals surface area contributed by atoms with Gasteiger partial charge in [0, 0.05) is 11.8 Å². The van der Waals surface area contributed by atoms with Gasteiger partial charge in [0.1, 0.15) is 5.69 Å². The smallest absolute Gasteiger partial charge is 0.338 e. The first-order valence-corrected chi connectivity index (χ1v) is 9.27. The molecule has 0 aliphatic heterocycles. The molecular formula is C22H21N3O4. The molecule has 1 amide bonds. The van der Waals surface area contributed by atoms with E-state index >= 15 is 0 Å². The molecule has 1 heterocycles. The predicted molar refractivity (Wildman–Crippen MR) is 109 cm³/mol. The molecule has 0 unspecified atom stereocenters. The largest absolute Gasteiger partial charge is 0.462 e. The fourth-order valence-corrected chi connectivity index (χ4v) is 2.60. The average molecular weight is 391 g/mol. The Morgan fingerprint density at radius 3 is 2.41 bits per heavy atom. The van der Waals surface area contributed by atoms with Gasteiger partial charge in [-0.3, -0.25) is 9.59 Å². The second-order valence-electron chi connectivity index (χ2n) is 6.37. The van der Waals surface area contributed by atoms with E-state index in [0.29, 0.717) is 17.9 Å². The third-order valence-corrected chi connectivity index (χ3v) is 4.09. The van der Waals surface area contributed by atoms with E-state index in [2.05, 4.69) is 10.4 Å². The van der Waals surface area contributed by atoms with Crippen molar-refractivity contribution >= 4 is 17.6 Å². The van der Waals surface area contributed by atoms with Crippen molar-refractivity contribution in [3.8, 4) is 0 Å². The topological polar surface area (TPSA) is 90.3 Å². The van der Waals surface area contributed by atoms with Crippen molar-refractivity contribution in [2.45, 2.75) is 19.9 Å². The molecule has 0 atom stereocenters. The SMILES string of the molecule is CCCOC(=O)c1ccc(NC(=O)c2ccc(=O)n(Cc3ccccc3)n2)cc1. The molecule has 0 spiro atoms. The monoisotopic (exact) mass is 391 g/mol. The molecule has 148 valence electrons. The lowest BCUT2D eigenvalue weighted by Crippen LogP contribution is -2.26. The van der Waals surface area contributed by atoms with Crippen molar-refractivity contribution in [2.24, 2.45) is 0 Å². The molecule has 1 N–H and O–H groups in total. The van der Waals surface area contributed by atoms with Crippen LogP contribution in [0, 0.1) is 0 Å². The van der Waals surface area contributed by atoms with Crippen molar-refractivity contribution in [1.29, 1.82) is 0 Å². The number of rotatable bonds is 7. The molecular weight excluding hydrogens is 370 g/mol. The number of aromatic nitrogens is 2. The number of esters is 1. The minimum Gasteiger partial charge on any atom is -0.462 e. The second kappa shape index (κ2) is 9.45. The van der Waals surface area contributed by atoms with Crippen LogP contribution in [0.5, 0.6) is 0 Å². The first kappa shape index (κ1) is 20.0. The quantitative estimate of drug-likeness (QED) is 0.625. The van der Waals surface area contributed by atoms with E-state index in [1.165, 1.54) is 16.8 Å². The van der Waals surface area contributed by atoms with Gasteiger partial charge >= 0.3 is 5.97 Å². The van der Waals surface area contributed by atoms with Crippen molar-refractivity contribution in [3.05, 3.63) is 93.9 Å². The number of nitrogens with zero attached hydrogens (tertiary/aromatic N) is 2. The number of carbonyl (C=O) groups excluding carboxylic acids is 2. The number of amides is 1. The standard InChI is InChI=1S/C22H21N3O4/c1-2-14-29-22(28)17-8-10-18(11-9-17)23-21(27)19-12-13-20(26)25(24-19)15-16-6-4-3-5-7-16/h3-13H,2,14-15H2,1H3,(H,23,27). The van der Waals surface area contributed by atoms with Crippen LogP contribution in [0.3, 0.4) is 0 Å². The molecule has 1 aromatic heterocycles. The van der Waals surface area contributed by atoms with E-state index < -0.39 is 11.9 Å². The van der Waals surface area contributed by atoms with Crippen LogP contribution in [0.4, 0.5) is 5.69 Å². The highest BCUT2D eigenvalue weighted by Crippen LogP contribution is 2.12. The molecule has 0 aliphatic carbocycles. The summed E-state index contributed by atoms with van der Waals surface area (Å²) in [5.74, 6) is -0.854. The molecule has 29 heavy (non-hydrogen) atoms. The summed E-state index contributed by atoms with van der Waals surface area (Å²) in [5, 5.41) is 6.87. The van der Waals surface area contributed by atoms with E-state index in [9.17, 15) is 14.4 Å². The van der Waals surface area contributed by atoms with Crippen molar-refractivity contribution in [1.82, 2.24) is 9.78 Å². The number of hydrogen-bond acceptors (Lipinski definition) is 5. The Bertz CT molecular complexity index is 1040. The fourth-order valence-electron chi connectivity index (χ4n) is 2.60. The van der Waals surface area contributed by atoms with Crippen LogP contribution in [0.2, 0.25) is 0 Å². The Kier molecular flexibility index (Phi) is 6.52. The Labute approximate surface area is 168 Å². The van der Waals surface area contributed by atoms with Crippen LogP contribution >= 0.6 is 0 Å². The molecule has 2 aromatic carbocycles. The average Bonchev–Trinajstić information content (AvgIpc) is 2.74. The third-order valence-electron chi connectivity index (χ3n) is 4.09. The molecule has 7 nitrogen and oxygen atoms in total. The molecule has 3 aromatic rings. The van der Waals surface area contributed by atoms with Gasteiger partial charge in [0.25, 0.3) is 11.5 Å². The normalized spacial score (nSPS) is 10.4. The van der Waals surface area contributed by atoms with Gasteiger partial charge in [0.15, 0.2) is 0 Å². The van der Waals surface area contributed by atoms with Crippen LogP contribution in [0.1, 0.15) is 39.8 Å². The molecule has 7 heteroatoms. The van der Waals surface area contributed by atoms with Gasteiger partial charge in [-0.2, -0.15) is 5.10 Å². The number of carbonyl (C=O) groups is 2. The van der Waals surface area contributed by atoms with Gasteiger partial charge in [-0.15, -0.1) is 0 Å². The third kappa shape index (κ3) is 5.38. The first-order valence-electron chi connectivity index (χ1n) is 9.27. The Balaban J connectivity index is 1.70. The zero-order valence-electron chi connectivity index (χ0n) is 16.0. The highest BCUT2D eigenvalue weighted by Gasteiger charge is 2.12. The summed E-state index contributed by atoms with van der Waals surface area (Å²) in [6.07, 6.45) is 0.749. The van der Waals surface area contributed by atoms with Gasteiger partial charge < -0.3 is 10.1 Å². The first-order chi connectivity index (χ1) is 14.1. The minimum atomic E-state index is -0.451. The van der Waals surface area contributed by atoms with Crippen LogP contribution in [0.15, 0.2) is 71.5 Å². The van der Waals surface area contributed by atoms with E-state index in [4.69, 9.17) is 4.74 Å². The summed E-state index contributed by atoms with van der Waals surface area (Å²) < 4.78 is 6.32. The Hall–Kier alpha value is -3.74. The number of hydrogen-bond donors (Lipinski definition) is 1. The molecule has 3 rings (SSSR count). The van der Waals surface area contributed by atoms with Gasteiger partial charge in [-0.25, -0.2) is 9.48 Å². The zero-order valence-corrected chi connectivity index (χ0v) is 16.0. The number of nitrogens with one attached hydrogen (secondary N) is 1. The Morgan fingerprint density at radius 2 is 1.72 bits per heavy atom. The molecule has 0 bridgehead atoms. The summed E-state index contributed by atoms with van der Waals surface area (Å²) in [4.78, 5) is 36.4. The lowest BCUT2D eigenvalue weighted by Gasteiger charge is -2.09. The maximum Gasteiger partial charge on any atom is 0.338 e. The van der Waals surface area contributed by atoms with Crippen molar-refractivity contribution in [3.63, 3.8) is 0 Å². The molecule has 0 saturated carbocycles. The van der Waals surface area contributed by atoms with E-state index in [0.717, 1.165) is 12.0 Å². The molecule has 0 radical (unpaired) electrons. The van der Waals surface area contributed by atoms with E-state index in [1.807, 2.05) is 37.3 Å². The lowest BCUT2D eigenvalue weighted by molar-refractivity contribution is 0.0505. The highest BCUT2D eigenvalue weighted by molar-refractivity contribution is 6.03. The summed E-state index contributed by atoms with van der Waals surface area (Å²) >= 11 is 0.